The van der Waals surface area contributed by atoms with Crippen LogP contribution in [0, 0.1) is 0 Å². The first-order valence-electron chi connectivity index (χ1n) is 21.0. The van der Waals surface area contributed by atoms with Crippen LogP contribution in [-0.4, -0.2) is 50.3 Å². The Kier molecular flexibility index (Phi) is 35.8. The van der Waals surface area contributed by atoms with Gasteiger partial charge in [-0.15, -0.1) is 0 Å². The molecule has 1 unspecified atom stereocenters. The molecule has 302 valence electrons. The fraction of sp³-hybridized carbons (Fsp3) is 0.925. The Morgan fingerprint density at radius 1 is 0.549 bits per heavy atom. The number of phosphoric ester groups is 1. The highest BCUT2D eigenvalue weighted by molar-refractivity contribution is 7.45. The lowest BCUT2D eigenvalue weighted by molar-refractivity contribution is -0.228. The van der Waals surface area contributed by atoms with Gasteiger partial charge in [0.1, 0.15) is 6.61 Å². The van der Waals surface area contributed by atoms with Crippen molar-refractivity contribution in [3.05, 3.63) is 0 Å². The van der Waals surface area contributed by atoms with Crippen molar-refractivity contribution >= 4 is 25.7 Å². The molecule has 1 amide bonds. The van der Waals surface area contributed by atoms with E-state index in [2.05, 4.69) is 19.2 Å². The maximum absolute atomic E-state index is 12.6. The summed E-state index contributed by atoms with van der Waals surface area (Å²) in [7, 11) is -4.73. The van der Waals surface area contributed by atoms with Gasteiger partial charge in [-0.1, -0.05) is 175 Å². The molecule has 0 aromatic carbocycles. The average molecular weight is 747 g/mol. The summed E-state index contributed by atoms with van der Waals surface area (Å²) < 4.78 is 32.9. The Bertz CT molecular complexity index is 873. The second-order valence-electron chi connectivity index (χ2n) is 14.1. The molecule has 0 rings (SSSR count). The number of hydrogen-bond acceptors (Lipinski definition) is 9. The summed E-state index contributed by atoms with van der Waals surface area (Å²) in [6, 6.07) is 0. The van der Waals surface area contributed by atoms with Crippen LogP contribution in [0.1, 0.15) is 207 Å². The molecule has 0 aromatic rings. The smallest absolute Gasteiger partial charge is 0.306 e. The molecule has 51 heavy (non-hydrogen) atoms. The van der Waals surface area contributed by atoms with Crippen LogP contribution >= 0.6 is 7.82 Å². The highest BCUT2D eigenvalue weighted by atomic mass is 31.2. The van der Waals surface area contributed by atoms with Gasteiger partial charge in [-0.2, -0.15) is 0 Å². The predicted octanol–water partition coefficient (Wildman–Crippen LogP) is 10.4. The molecule has 0 spiro atoms. The van der Waals surface area contributed by atoms with Crippen LogP contribution in [0.25, 0.3) is 0 Å². The van der Waals surface area contributed by atoms with E-state index in [1.807, 2.05) is 0 Å². The summed E-state index contributed by atoms with van der Waals surface area (Å²) in [5.41, 5.74) is 0. The lowest BCUT2D eigenvalue weighted by atomic mass is 10.0. The second-order valence-corrected chi connectivity index (χ2v) is 15.5. The molecule has 1 N–H and O–H groups in total. The summed E-state index contributed by atoms with van der Waals surface area (Å²) in [5, 5.41) is 2.52. The number of nitrogens with one attached hydrogen (secondary N) is 1. The Morgan fingerprint density at radius 2 is 0.941 bits per heavy atom. The minimum Gasteiger partial charge on any atom is -0.756 e. The third-order valence-corrected chi connectivity index (χ3v) is 10.1. The van der Waals surface area contributed by atoms with E-state index in [0.717, 1.165) is 32.1 Å². The average Bonchev–Trinajstić information content (AvgIpc) is 3.11. The van der Waals surface area contributed by atoms with Crippen molar-refractivity contribution in [3.8, 4) is 0 Å². The summed E-state index contributed by atoms with van der Waals surface area (Å²) in [5.74, 6) is -1.12. The Hall–Kier alpha value is -1.48. The minimum atomic E-state index is -4.73. The van der Waals surface area contributed by atoms with E-state index >= 15 is 0 Å². The monoisotopic (exact) mass is 747 g/mol. The zero-order chi connectivity index (χ0) is 37.7. The van der Waals surface area contributed by atoms with E-state index < -0.39 is 32.5 Å². The molecule has 0 bridgehead atoms. The van der Waals surface area contributed by atoms with Gasteiger partial charge in [-0.3, -0.25) is 18.9 Å². The fourth-order valence-corrected chi connectivity index (χ4v) is 6.62. The van der Waals surface area contributed by atoms with Gasteiger partial charge >= 0.3 is 11.9 Å². The number of hydrogen-bond donors (Lipinski definition) is 1. The molecule has 10 nitrogen and oxygen atoms in total. The van der Waals surface area contributed by atoms with Crippen molar-refractivity contribution in [2.75, 3.05) is 26.4 Å². The highest BCUT2D eigenvalue weighted by Gasteiger charge is 2.21. The maximum atomic E-state index is 12.6. The first-order chi connectivity index (χ1) is 24.7. The van der Waals surface area contributed by atoms with E-state index in [1.165, 1.54) is 122 Å². The lowest BCUT2D eigenvalue weighted by Gasteiger charge is -2.25. The molecule has 11 heteroatoms. The molecule has 0 radical (unpaired) electrons. The zero-order valence-electron chi connectivity index (χ0n) is 33.0. The molecule has 0 fully saturated rings. The van der Waals surface area contributed by atoms with Gasteiger partial charge in [0.15, 0.2) is 6.10 Å². The number of carbonyl (C=O) groups excluding carboxylic acids is 3. The summed E-state index contributed by atoms with van der Waals surface area (Å²) in [6.07, 6.45) is 30.9. The van der Waals surface area contributed by atoms with E-state index in [1.54, 1.807) is 6.92 Å². The number of rotatable bonds is 39. The second kappa shape index (κ2) is 36.9. The zero-order valence-corrected chi connectivity index (χ0v) is 33.9. The van der Waals surface area contributed by atoms with Gasteiger partial charge in [0.05, 0.1) is 13.2 Å². The highest BCUT2D eigenvalue weighted by Crippen LogP contribution is 2.38. The Labute approximate surface area is 312 Å². The van der Waals surface area contributed by atoms with Crippen LogP contribution in [0.4, 0.5) is 0 Å². The van der Waals surface area contributed by atoms with Gasteiger partial charge in [-0.05, 0) is 12.8 Å². The number of unbranched alkanes of at least 4 members (excludes halogenated alkanes) is 24. The van der Waals surface area contributed by atoms with Crippen molar-refractivity contribution in [3.63, 3.8) is 0 Å². The van der Waals surface area contributed by atoms with E-state index in [0.29, 0.717) is 12.8 Å². The molecule has 0 aromatic heterocycles. The number of ether oxygens (including phenoxy) is 2. The largest absolute Gasteiger partial charge is 0.756 e. The normalized spacial score (nSPS) is 13.1. The van der Waals surface area contributed by atoms with E-state index in [9.17, 15) is 23.8 Å². The molecule has 0 saturated heterocycles. The molecule has 0 aliphatic rings. The quantitative estimate of drug-likeness (QED) is 0.0370. The molecular formula is C40H77NO9P-. The topological polar surface area (TPSA) is 140 Å². The van der Waals surface area contributed by atoms with Crippen LogP contribution in [0.3, 0.4) is 0 Å². The number of phosphoric acid groups is 1. The third kappa shape index (κ3) is 36.7. The first kappa shape index (κ1) is 49.5. The van der Waals surface area contributed by atoms with Crippen LogP contribution < -0.4 is 10.2 Å². The van der Waals surface area contributed by atoms with Crippen molar-refractivity contribution in [2.45, 2.75) is 213 Å². The lowest BCUT2D eigenvalue weighted by Crippen LogP contribution is -2.31. The summed E-state index contributed by atoms with van der Waals surface area (Å²) in [6.45, 7) is 5.06. The number of esters is 2. The molecular weight excluding hydrogens is 669 g/mol. The van der Waals surface area contributed by atoms with Crippen LogP contribution in [0.15, 0.2) is 0 Å². The predicted molar refractivity (Wildman–Crippen MR) is 204 cm³/mol. The van der Waals surface area contributed by atoms with E-state index in [-0.39, 0.29) is 44.9 Å². The van der Waals surface area contributed by atoms with Gasteiger partial charge in [0.2, 0.25) is 5.91 Å². The SMILES string of the molecule is CCCCCCCCCCCCCCCC(=O)OC[C@H](COP(=O)([O-])OCCNC(=O)CC)OC(=O)CCCCCCCCCCCCCCC. The standard InChI is InChI=1S/C40H78NO9P/c1-4-7-9-11-13-15-17-19-21-23-25-27-29-31-39(43)47-35-37(36-49-51(45,46)48-34-33-41-38(42)6-3)50-40(44)32-30-28-26-24-22-20-18-16-14-12-10-8-5-2/h37H,4-36H2,1-3H3,(H,41,42)(H,45,46)/p-1/t37-/m1/s1. The minimum absolute atomic E-state index is 0.0105. The first-order valence-corrected chi connectivity index (χ1v) is 22.4. The fourth-order valence-electron chi connectivity index (χ4n) is 5.88. The van der Waals surface area contributed by atoms with E-state index in [4.69, 9.17) is 18.5 Å². The number of carbonyl (C=O) groups is 3. The maximum Gasteiger partial charge on any atom is 0.306 e. The summed E-state index contributed by atoms with van der Waals surface area (Å²) >= 11 is 0. The molecule has 0 aliphatic carbocycles. The van der Waals surface area contributed by atoms with Crippen molar-refractivity contribution in [1.82, 2.24) is 5.32 Å². The van der Waals surface area contributed by atoms with Gasteiger partial charge in [-0.25, -0.2) is 0 Å². The van der Waals surface area contributed by atoms with Crippen molar-refractivity contribution in [1.29, 1.82) is 0 Å². The molecule has 0 aliphatic heterocycles. The van der Waals surface area contributed by atoms with Crippen LogP contribution in [0.2, 0.25) is 0 Å². The van der Waals surface area contributed by atoms with Crippen molar-refractivity contribution in [2.24, 2.45) is 0 Å². The summed E-state index contributed by atoms with van der Waals surface area (Å²) in [4.78, 5) is 48.6. The Balaban J connectivity index is 4.39. The van der Waals surface area contributed by atoms with Gasteiger partial charge in [0.25, 0.3) is 7.82 Å². The number of amides is 1. The molecule has 0 saturated carbocycles. The third-order valence-electron chi connectivity index (χ3n) is 9.11. The van der Waals surface area contributed by atoms with Crippen LogP contribution in [-0.2, 0) is 37.5 Å². The molecule has 2 atom stereocenters. The van der Waals surface area contributed by atoms with Gasteiger partial charge in [0, 0.05) is 25.8 Å². The molecule has 0 heterocycles. The van der Waals surface area contributed by atoms with Crippen LogP contribution in [0.5, 0.6) is 0 Å². The van der Waals surface area contributed by atoms with Crippen molar-refractivity contribution < 1.29 is 42.4 Å². The van der Waals surface area contributed by atoms with Gasteiger partial charge < -0.3 is 28.7 Å². The Morgan fingerprint density at radius 3 is 1.35 bits per heavy atom.